The molecule has 3 rings (SSSR count). The number of likely N-dealkylation sites (N-methyl/N-ethyl adjacent to an activating group) is 1. The van der Waals surface area contributed by atoms with Crippen LogP contribution in [-0.4, -0.2) is 49.7 Å². The van der Waals surface area contributed by atoms with Crippen LogP contribution in [0.3, 0.4) is 0 Å². The Labute approximate surface area is 172 Å². The van der Waals surface area contributed by atoms with Gasteiger partial charge in [-0.25, -0.2) is 0 Å². The Kier molecular flexibility index (Phi) is 6.73. The Morgan fingerprint density at radius 3 is 2.79 bits per heavy atom. The third-order valence-corrected chi connectivity index (χ3v) is 11.2. The number of allylic oxidation sites excluding steroid dienone is 5. The Balaban J connectivity index is 1.66. The van der Waals surface area contributed by atoms with Crippen molar-refractivity contribution in [1.29, 1.82) is 0 Å². The number of halogens is 2. The van der Waals surface area contributed by atoms with E-state index in [1.54, 1.807) is 7.05 Å². The average Bonchev–Trinajstić information content (AvgIpc) is 3.48. The van der Waals surface area contributed by atoms with Crippen LogP contribution in [0.25, 0.3) is 0 Å². The number of carbonyl (C=O) groups is 1. The van der Waals surface area contributed by atoms with Crippen molar-refractivity contribution < 1.29 is 19.0 Å². The first kappa shape index (κ1) is 21.2. The number of rotatable bonds is 9. The Morgan fingerprint density at radius 1 is 1.43 bits per heavy atom. The summed E-state index contributed by atoms with van der Waals surface area (Å²) in [7, 11) is 1.71. The summed E-state index contributed by atoms with van der Waals surface area (Å²) < 4.78 is 19.9. The maximum atomic E-state index is 13.1. The van der Waals surface area contributed by atoms with Crippen molar-refractivity contribution in [3.05, 3.63) is 65.8 Å². The molecule has 2 N–H and O–H groups in total. The molecule has 28 heavy (non-hydrogen) atoms. The van der Waals surface area contributed by atoms with Gasteiger partial charge < -0.3 is 0 Å². The van der Waals surface area contributed by atoms with E-state index in [4.69, 9.17) is 4.74 Å². The molecular formula is C22H27FINO3. The van der Waals surface area contributed by atoms with Crippen molar-refractivity contribution in [3.8, 4) is 5.75 Å². The van der Waals surface area contributed by atoms with Crippen LogP contribution in [-0.2, 0) is 4.79 Å². The fourth-order valence-electron chi connectivity index (χ4n) is 3.22. The first-order chi connectivity index (χ1) is 13.4. The molecule has 1 aromatic rings. The van der Waals surface area contributed by atoms with Gasteiger partial charge in [0.15, 0.2) is 0 Å². The van der Waals surface area contributed by atoms with Gasteiger partial charge in [-0.05, 0) is 0 Å². The van der Waals surface area contributed by atoms with Crippen LogP contribution >= 0.6 is 19.8 Å². The number of aliphatic hydroxyl groups is 1. The van der Waals surface area contributed by atoms with E-state index in [1.807, 2.05) is 49.4 Å². The summed E-state index contributed by atoms with van der Waals surface area (Å²) >= 11 is -2.01. The fraction of sp³-hybridized carbons (Fsp3) is 0.409. The molecule has 0 saturated carbocycles. The van der Waals surface area contributed by atoms with E-state index in [1.165, 1.54) is 0 Å². The van der Waals surface area contributed by atoms with Crippen molar-refractivity contribution in [2.24, 2.45) is 5.92 Å². The predicted molar refractivity (Wildman–Crippen MR) is 119 cm³/mol. The first-order valence-corrected chi connectivity index (χ1v) is 13.1. The summed E-state index contributed by atoms with van der Waals surface area (Å²) in [4.78, 5) is 13.1. The summed E-state index contributed by atoms with van der Waals surface area (Å²) in [6.07, 6.45) is 5.76. The molecular weight excluding hydrogens is 472 g/mol. The standard InChI is InChI=1S/C22H27FINO3/c1-15-4-8-19(9-5-15)28-14-22(27,13-25-3)21(26)24-12-20(24)17-7-6-16(2)18(10-17)11-23/h4-10,17,20,25,27H,2,11-14H2,1,3H3/t17?,20?,22-/m0/s1. The molecule has 0 spiro atoms. The van der Waals surface area contributed by atoms with Crippen LogP contribution in [0.1, 0.15) is 5.56 Å². The number of nitrogens with one attached hydrogen (secondary N) is 1. The Hall–Kier alpha value is -1.51. The molecule has 0 bridgehead atoms. The molecule has 6 heteroatoms. The van der Waals surface area contributed by atoms with Gasteiger partial charge in [-0.15, -0.1) is 0 Å². The van der Waals surface area contributed by atoms with Crippen molar-refractivity contribution in [1.82, 2.24) is 5.32 Å². The van der Waals surface area contributed by atoms with E-state index in [9.17, 15) is 14.3 Å². The van der Waals surface area contributed by atoms with Gasteiger partial charge in [0.1, 0.15) is 0 Å². The van der Waals surface area contributed by atoms with Crippen molar-refractivity contribution in [2.45, 2.75) is 16.4 Å². The van der Waals surface area contributed by atoms with Gasteiger partial charge in [0, 0.05) is 0 Å². The fourth-order valence-corrected chi connectivity index (χ4v) is 9.85. The average molecular weight is 499 g/mol. The number of carbonyl (C=O) groups excluding carboxylic acids is 1. The molecule has 0 amide bonds. The van der Waals surface area contributed by atoms with Crippen LogP contribution in [0.5, 0.6) is 5.75 Å². The van der Waals surface area contributed by atoms with Crippen LogP contribution in [0, 0.1) is 12.8 Å². The number of ether oxygens (including phenoxy) is 1. The van der Waals surface area contributed by atoms with Crippen LogP contribution < -0.4 is 10.1 Å². The number of hydrogen-bond donors (Lipinski definition) is 2. The van der Waals surface area contributed by atoms with Crippen molar-refractivity contribution in [3.63, 3.8) is 0 Å². The molecule has 152 valence electrons. The normalized spacial score (nSPS) is 24.5. The molecule has 1 saturated heterocycles. The van der Waals surface area contributed by atoms with E-state index in [-0.39, 0.29) is 26.8 Å². The Bertz CT molecular complexity index is 805. The molecule has 1 aromatic carbocycles. The number of hydrogen-bond acceptors (Lipinski definition) is 4. The second-order valence-corrected chi connectivity index (χ2v) is 13.0. The molecule has 1 aliphatic heterocycles. The van der Waals surface area contributed by atoms with E-state index in [2.05, 4.69) is 11.9 Å². The summed E-state index contributed by atoms with van der Waals surface area (Å²) in [5.74, 6) is 0.704. The molecule has 0 aromatic heterocycles. The summed E-state index contributed by atoms with van der Waals surface area (Å²) in [5, 5.41) is 14.0. The van der Waals surface area contributed by atoms with Gasteiger partial charge in [0.25, 0.3) is 0 Å². The zero-order valence-electron chi connectivity index (χ0n) is 16.3. The molecule has 1 fully saturated rings. The second-order valence-electron chi connectivity index (χ2n) is 7.29. The molecule has 4 nitrogen and oxygen atoms in total. The summed E-state index contributed by atoms with van der Waals surface area (Å²) in [6.45, 7) is 5.38. The Morgan fingerprint density at radius 2 is 2.14 bits per heavy atom. The zero-order valence-corrected chi connectivity index (χ0v) is 18.4. The van der Waals surface area contributed by atoms with Crippen LogP contribution in [0.2, 0.25) is 0 Å². The van der Waals surface area contributed by atoms with E-state index >= 15 is 0 Å². The van der Waals surface area contributed by atoms with Gasteiger partial charge in [-0.2, -0.15) is 0 Å². The molecule has 1 heterocycles. The molecule has 2 aliphatic rings. The third-order valence-electron chi connectivity index (χ3n) is 4.99. The van der Waals surface area contributed by atoms with E-state index in [0.29, 0.717) is 16.9 Å². The monoisotopic (exact) mass is 499 g/mol. The van der Waals surface area contributed by atoms with Gasteiger partial charge in [0.05, 0.1) is 0 Å². The molecule has 3 atom stereocenters. The zero-order chi connectivity index (χ0) is 20.3. The van der Waals surface area contributed by atoms with Gasteiger partial charge in [-0.1, -0.05) is 0 Å². The topological polar surface area (TPSA) is 58.6 Å². The maximum absolute atomic E-state index is 13.1. The molecule has 1 aliphatic carbocycles. The SMILES string of the molecule is C=C1C=CC(C2CI2C(=O)[C@](O)(CNC)COc2ccc(C)cc2)C=C1CF. The van der Waals surface area contributed by atoms with Crippen LogP contribution in [0.15, 0.2) is 60.2 Å². The van der Waals surface area contributed by atoms with E-state index < -0.39 is 32.1 Å². The van der Waals surface area contributed by atoms with Crippen LogP contribution in [0.4, 0.5) is 4.39 Å². The summed E-state index contributed by atoms with van der Waals surface area (Å²) in [6, 6.07) is 7.53. The molecule has 0 radical (unpaired) electrons. The summed E-state index contributed by atoms with van der Waals surface area (Å²) in [5.41, 5.74) is 0.889. The minimum absolute atomic E-state index is 0.0591. The van der Waals surface area contributed by atoms with Gasteiger partial charge in [-0.3, -0.25) is 0 Å². The minimum atomic E-state index is -2.01. The predicted octanol–water partition coefficient (Wildman–Crippen LogP) is 3.38. The molecule has 2 unspecified atom stereocenters. The van der Waals surface area contributed by atoms with Gasteiger partial charge in [0.2, 0.25) is 0 Å². The third kappa shape index (κ3) is 4.72. The van der Waals surface area contributed by atoms with E-state index in [0.717, 1.165) is 9.99 Å². The quantitative estimate of drug-likeness (QED) is 0.311. The van der Waals surface area contributed by atoms with Crippen molar-refractivity contribution >= 4 is 23.6 Å². The number of alkyl halides is 3. The number of aryl methyl sites for hydroxylation is 1. The first-order valence-electron chi connectivity index (χ1n) is 9.27. The van der Waals surface area contributed by atoms with Gasteiger partial charge >= 0.3 is 173 Å². The van der Waals surface area contributed by atoms with Crippen molar-refractivity contribution in [2.75, 3.05) is 31.3 Å². The number of benzene rings is 1. The second kappa shape index (κ2) is 8.88.